The predicted octanol–water partition coefficient (Wildman–Crippen LogP) is 3.61. The lowest BCUT2D eigenvalue weighted by Gasteiger charge is -2.47. The average Bonchev–Trinajstić information content (AvgIpc) is 3.19. The Bertz CT molecular complexity index is 905. The minimum absolute atomic E-state index is 0.0236. The number of furan rings is 1. The minimum atomic E-state index is -0.680. The number of rotatable bonds is 0. The first-order valence-corrected chi connectivity index (χ1v) is 9.31. The van der Waals surface area contributed by atoms with Crippen LogP contribution in [0.5, 0.6) is 0 Å². The van der Waals surface area contributed by atoms with Crippen LogP contribution in [-0.2, 0) is 10.2 Å². The molecule has 6 rings (SSSR count). The van der Waals surface area contributed by atoms with E-state index in [4.69, 9.17) is 9.15 Å². The number of allylic oxidation sites excluding steroid dienone is 2. The van der Waals surface area contributed by atoms with E-state index >= 15 is 0 Å². The van der Waals surface area contributed by atoms with Crippen LogP contribution in [0.3, 0.4) is 0 Å². The van der Waals surface area contributed by atoms with Gasteiger partial charge < -0.3 is 14.3 Å². The molecule has 1 saturated heterocycles. The highest BCUT2D eigenvalue weighted by molar-refractivity contribution is 6.11. The van der Waals surface area contributed by atoms with Crippen LogP contribution in [0.15, 0.2) is 34.0 Å². The molecule has 25 heavy (non-hydrogen) atoms. The van der Waals surface area contributed by atoms with Crippen LogP contribution < -0.4 is 0 Å². The van der Waals surface area contributed by atoms with Crippen molar-refractivity contribution in [2.45, 2.75) is 63.3 Å². The number of Topliss-reactive ketones (excluding diaryl/α,β-unsaturated/α-hetero) is 1. The summed E-state index contributed by atoms with van der Waals surface area (Å²) in [6.07, 6.45) is 4.62. The molecule has 2 heterocycles. The van der Waals surface area contributed by atoms with Gasteiger partial charge in [-0.1, -0.05) is 19.1 Å². The van der Waals surface area contributed by atoms with E-state index in [0.29, 0.717) is 5.76 Å². The van der Waals surface area contributed by atoms with E-state index in [9.17, 15) is 9.90 Å². The van der Waals surface area contributed by atoms with Crippen molar-refractivity contribution in [2.75, 3.05) is 0 Å². The van der Waals surface area contributed by atoms with Crippen LogP contribution in [0.1, 0.15) is 67.3 Å². The van der Waals surface area contributed by atoms with Gasteiger partial charge in [-0.05, 0) is 49.5 Å². The quantitative estimate of drug-likeness (QED) is 0.580. The second-order valence-electron chi connectivity index (χ2n) is 8.90. The summed E-state index contributed by atoms with van der Waals surface area (Å²) in [5, 5.41) is 10.5. The average molecular weight is 338 g/mol. The van der Waals surface area contributed by atoms with Crippen molar-refractivity contribution < 1.29 is 19.1 Å². The Balaban J connectivity index is 1.64. The van der Waals surface area contributed by atoms with Crippen LogP contribution >= 0.6 is 0 Å². The van der Waals surface area contributed by atoms with Crippen LogP contribution in [0.2, 0.25) is 0 Å². The third-order valence-corrected chi connectivity index (χ3v) is 8.02. The molecule has 1 N–H and O–H groups in total. The first-order chi connectivity index (χ1) is 11.9. The maximum atomic E-state index is 13.4. The number of ketones is 1. The van der Waals surface area contributed by atoms with E-state index in [0.717, 1.165) is 42.4 Å². The van der Waals surface area contributed by atoms with Gasteiger partial charge in [0, 0.05) is 22.1 Å². The standard InChI is InChI=1S/C21H22O4/c1-9-4-5-11-13-12(6-7-20(9,11)2)21(3)14-10(8-24-17(14)16(13)23)15(22)18-19(21)25-18/h8,11,15,18-19,22H,1,4-7H2,2-3H3/t11-,15+,18-,19-,20+,21+/m0/s1. The van der Waals surface area contributed by atoms with Gasteiger partial charge in [-0.15, -0.1) is 0 Å². The highest BCUT2D eigenvalue weighted by Crippen LogP contribution is 2.66. The van der Waals surface area contributed by atoms with Crippen LogP contribution in [0.4, 0.5) is 0 Å². The van der Waals surface area contributed by atoms with Gasteiger partial charge in [0.1, 0.15) is 18.3 Å². The van der Waals surface area contributed by atoms with E-state index < -0.39 is 6.10 Å². The molecule has 1 saturated carbocycles. The molecule has 1 aromatic heterocycles. The Morgan fingerprint density at radius 2 is 2.12 bits per heavy atom. The normalized spacial score (nSPS) is 46.5. The zero-order valence-electron chi connectivity index (χ0n) is 14.6. The third kappa shape index (κ3) is 1.36. The zero-order chi connectivity index (χ0) is 17.3. The number of epoxide rings is 1. The van der Waals surface area contributed by atoms with Gasteiger partial charge in [-0.25, -0.2) is 0 Å². The summed E-state index contributed by atoms with van der Waals surface area (Å²) in [7, 11) is 0. The number of carbonyl (C=O) groups is 1. The lowest BCUT2D eigenvalue weighted by atomic mass is 9.54. The fraction of sp³-hybridized carbons (Fsp3) is 0.571. The van der Waals surface area contributed by atoms with Crippen LogP contribution in [0, 0.1) is 11.3 Å². The summed E-state index contributed by atoms with van der Waals surface area (Å²) in [5.74, 6) is 0.704. The fourth-order valence-corrected chi connectivity index (χ4v) is 6.43. The predicted molar refractivity (Wildman–Crippen MR) is 90.2 cm³/mol. The SMILES string of the molecule is C=C1CC[C@H]2C3=C(CC[C@]12C)[C@]1(C)c2c(coc2C3=O)[C@@H](O)[C@@H]2O[C@@H]21. The maximum Gasteiger partial charge on any atom is 0.224 e. The van der Waals surface area contributed by atoms with Crippen molar-refractivity contribution in [3.8, 4) is 0 Å². The molecular weight excluding hydrogens is 316 g/mol. The fourth-order valence-electron chi connectivity index (χ4n) is 6.43. The number of ether oxygens (including phenoxy) is 1. The van der Waals surface area contributed by atoms with Gasteiger partial charge in [0.2, 0.25) is 5.78 Å². The molecule has 0 radical (unpaired) electrons. The number of hydrogen-bond donors (Lipinski definition) is 1. The smallest absolute Gasteiger partial charge is 0.224 e. The first-order valence-electron chi connectivity index (χ1n) is 9.31. The second-order valence-corrected chi connectivity index (χ2v) is 8.90. The molecular formula is C21H22O4. The van der Waals surface area contributed by atoms with Crippen molar-refractivity contribution in [3.05, 3.63) is 46.4 Å². The molecule has 0 unspecified atom stereocenters. The van der Waals surface area contributed by atoms with Crippen molar-refractivity contribution >= 4 is 5.78 Å². The van der Waals surface area contributed by atoms with Crippen molar-refractivity contribution in [1.82, 2.24) is 0 Å². The Kier molecular flexibility index (Phi) is 2.33. The van der Waals surface area contributed by atoms with E-state index in [1.54, 1.807) is 6.26 Å². The molecule has 6 atom stereocenters. The zero-order valence-corrected chi connectivity index (χ0v) is 14.6. The van der Waals surface area contributed by atoms with Crippen LogP contribution in [0.25, 0.3) is 0 Å². The van der Waals surface area contributed by atoms with E-state index in [1.807, 2.05) is 0 Å². The summed E-state index contributed by atoms with van der Waals surface area (Å²) in [6, 6.07) is 0. The molecule has 0 aromatic carbocycles. The molecule has 0 bridgehead atoms. The molecule has 2 fully saturated rings. The number of fused-ring (bicyclic) bond motifs is 5. The van der Waals surface area contributed by atoms with Crippen molar-refractivity contribution in [3.63, 3.8) is 0 Å². The van der Waals surface area contributed by atoms with Gasteiger partial charge in [-0.3, -0.25) is 4.79 Å². The molecule has 1 aliphatic heterocycles. The summed E-state index contributed by atoms with van der Waals surface area (Å²) in [4.78, 5) is 13.4. The topological polar surface area (TPSA) is 63.0 Å². The van der Waals surface area contributed by atoms with Crippen molar-refractivity contribution in [1.29, 1.82) is 0 Å². The largest absolute Gasteiger partial charge is 0.460 e. The lowest BCUT2D eigenvalue weighted by Crippen LogP contribution is -2.47. The van der Waals surface area contributed by atoms with Crippen LogP contribution in [-0.4, -0.2) is 23.1 Å². The lowest BCUT2D eigenvalue weighted by molar-refractivity contribution is 0.0947. The second kappa shape index (κ2) is 4.02. The molecule has 4 aliphatic carbocycles. The molecule has 1 aromatic rings. The Hall–Kier alpha value is -1.65. The van der Waals surface area contributed by atoms with Gasteiger partial charge >= 0.3 is 0 Å². The molecule has 5 aliphatic rings. The van der Waals surface area contributed by atoms with E-state index in [-0.39, 0.29) is 34.7 Å². The van der Waals surface area contributed by atoms with E-state index in [2.05, 4.69) is 20.4 Å². The monoisotopic (exact) mass is 338 g/mol. The van der Waals surface area contributed by atoms with Gasteiger partial charge in [0.25, 0.3) is 0 Å². The highest BCUT2D eigenvalue weighted by atomic mass is 16.6. The summed E-state index contributed by atoms with van der Waals surface area (Å²) in [6.45, 7) is 8.77. The minimum Gasteiger partial charge on any atom is -0.460 e. The van der Waals surface area contributed by atoms with E-state index in [1.165, 1.54) is 11.1 Å². The Morgan fingerprint density at radius 3 is 2.92 bits per heavy atom. The van der Waals surface area contributed by atoms with Gasteiger partial charge in [0.05, 0.1) is 6.26 Å². The Morgan fingerprint density at radius 1 is 1.32 bits per heavy atom. The first kappa shape index (κ1) is 14.5. The highest BCUT2D eigenvalue weighted by Gasteiger charge is 2.67. The summed E-state index contributed by atoms with van der Waals surface area (Å²) in [5.41, 5.74) is 4.82. The van der Waals surface area contributed by atoms with Crippen molar-refractivity contribution in [2.24, 2.45) is 11.3 Å². The summed E-state index contributed by atoms with van der Waals surface area (Å²) < 4.78 is 11.7. The maximum absolute atomic E-state index is 13.4. The molecule has 4 heteroatoms. The number of aliphatic hydroxyl groups is 1. The molecule has 4 nitrogen and oxygen atoms in total. The molecule has 0 amide bonds. The number of aliphatic hydroxyl groups excluding tert-OH is 1. The third-order valence-electron chi connectivity index (χ3n) is 8.02. The number of hydrogen-bond acceptors (Lipinski definition) is 4. The molecule has 0 spiro atoms. The number of carbonyl (C=O) groups excluding carboxylic acids is 1. The Labute approximate surface area is 146 Å². The van der Waals surface area contributed by atoms with Gasteiger partial charge in [-0.2, -0.15) is 0 Å². The molecule has 130 valence electrons. The van der Waals surface area contributed by atoms with Gasteiger partial charge in [0.15, 0.2) is 5.76 Å². The summed E-state index contributed by atoms with van der Waals surface area (Å²) >= 11 is 0.